The summed E-state index contributed by atoms with van der Waals surface area (Å²) in [5.74, 6) is 1.27. The Morgan fingerprint density at radius 2 is 1.64 bits per heavy atom. The zero-order valence-electron chi connectivity index (χ0n) is 25.7. The lowest BCUT2D eigenvalue weighted by molar-refractivity contribution is 0.0666. The van der Waals surface area contributed by atoms with Crippen LogP contribution < -0.4 is 16.1 Å². The van der Waals surface area contributed by atoms with Crippen LogP contribution in [0.4, 0.5) is 0 Å². The van der Waals surface area contributed by atoms with Gasteiger partial charge in [-0.05, 0) is 73.1 Å². The Labute approximate surface area is 261 Å². The number of nitrogens with zero attached hydrogens (tertiary/aromatic N) is 3. The van der Waals surface area contributed by atoms with Crippen molar-refractivity contribution in [2.75, 3.05) is 0 Å². The summed E-state index contributed by atoms with van der Waals surface area (Å²) in [5, 5.41) is 13.7. The minimum atomic E-state index is -0.600. The molecule has 0 spiro atoms. The van der Waals surface area contributed by atoms with Crippen molar-refractivity contribution < 1.29 is 14.4 Å². The Kier molecular flexibility index (Phi) is 9.07. The molecule has 5 aromatic rings. The van der Waals surface area contributed by atoms with E-state index in [1.54, 1.807) is 4.57 Å². The average molecular weight is 607 g/mol. The molecule has 232 valence electrons. The zero-order valence-corrected chi connectivity index (χ0v) is 25.7. The van der Waals surface area contributed by atoms with E-state index in [9.17, 15) is 14.7 Å². The largest absolute Gasteiger partial charge is 0.490 e. The highest BCUT2D eigenvalue weighted by Crippen LogP contribution is 2.30. The fourth-order valence-corrected chi connectivity index (χ4v) is 6.10. The van der Waals surface area contributed by atoms with Crippen molar-refractivity contribution >= 4 is 0 Å². The van der Waals surface area contributed by atoms with Crippen molar-refractivity contribution in [2.45, 2.75) is 77.4 Å². The predicted molar refractivity (Wildman–Crippen MR) is 173 cm³/mol. The highest BCUT2D eigenvalue weighted by Gasteiger charge is 2.21. The van der Waals surface area contributed by atoms with Gasteiger partial charge in [-0.25, -0.2) is 9.78 Å². The van der Waals surface area contributed by atoms with Gasteiger partial charge in [0, 0.05) is 24.0 Å². The molecule has 1 fully saturated rings. The molecule has 0 saturated heterocycles. The van der Waals surface area contributed by atoms with Gasteiger partial charge in [-0.3, -0.25) is 18.9 Å². The van der Waals surface area contributed by atoms with Crippen LogP contribution in [0, 0.1) is 0 Å². The maximum atomic E-state index is 14.2. The maximum Gasteiger partial charge on any atom is 0.439 e. The molecule has 2 N–H and O–H groups in total. The third kappa shape index (κ3) is 6.68. The van der Waals surface area contributed by atoms with Gasteiger partial charge in [-0.2, -0.15) is 0 Å². The summed E-state index contributed by atoms with van der Waals surface area (Å²) in [6.07, 6.45) is 5.76. The number of benzene rings is 3. The van der Waals surface area contributed by atoms with Gasteiger partial charge in [0.2, 0.25) is 0 Å². The van der Waals surface area contributed by atoms with Crippen LogP contribution in [0.15, 0.2) is 86.9 Å². The second-order valence-corrected chi connectivity index (χ2v) is 11.6. The van der Waals surface area contributed by atoms with E-state index in [4.69, 9.17) is 14.2 Å². The van der Waals surface area contributed by atoms with Gasteiger partial charge in [0.05, 0.1) is 23.6 Å². The normalized spacial score (nSPS) is 16.5. The number of nitrogens with one attached hydrogen (secondary N) is 1. The van der Waals surface area contributed by atoms with Crippen molar-refractivity contribution in [1.29, 1.82) is 0 Å². The highest BCUT2D eigenvalue weighted by atomic mass is 16.5. The van der Waals surface area contributed by atoms with E-state index >= 15 is 0 Å². The number of aliphatic hydroxyl groups excluding tert-OH is 1. The summed E-state index contributed by atoms with van der Waals surface area (Å²) in [6.45, 7) is 4.12. The molecule has 9 nitrogen and oxygen atoms in total. The monoisotopic (exact) mass is 606 g/mol. The van der Waals surface area contributed by atoms with E-state index in [-0.39, 0.29) is 17.8 Å². The lowest BCUT2D eigenvalue weighted by Crippen LogP contribution is -2.29. The SMILES string of the molecule is CCCc1nc(CC)n(-c2ccc(O[C@H]3CC[C@@H](O)CC3)cc2)c(=O)c1Cc1ccc(-c2ccccc2-c2noc(=O)[nH]2)cc1. The molecule has 45 heavy (non-hydrogen) atoms. The first-order valence-electron chi connectivity index (χ1n) is 15.8. The first-order chi connectivity index (χ1) is 21.9. The summed E-state index contributed by atoms with van der Waals surface area (Å²) in [4.78, 5) is 33.4. The molecule has 1 saturated carbocycles. The van der Waals surface area contributed by atoms with Gasteiger partial charge in [0.15, 0.2) is 5.82 Å². The molecule has 1 aliphatic carbocycles. The fourth-order valence-electron chi connectivity index (χ4n) is 6.10. The number of hydrogen-bond donors (Lipinski definition) is 2. The number of aromatic amines is 1. The molecule has 0 unspecified atom stereocenters. The van der Waals surface area contributed by atoms with Crippen LogP contribution in [0.25, 0.3) is 28.2 Å². The third-order valence-electron chi connectivity index (χ3n) is 8.44. The molecule has 1 aliphatic rings. The first-order valence-corrected chi connectivity index (χ1v) is 15.8. The van der Waals surface area contributed by atoms with Gasteiger partial charge in [-0.15, -0.1) is 0 Å². The molecule has 2 aromatic heterocycles. The maximum absolute atomic E-state index is 14.2. The second kappa shape index (κ2) is 13.5. The van der Waals surface area contributed by atoms with E-state index in [2.05, 4.69) is 17.1 Å². The van der Waals surface area contributed by atoms with Crippen LogP contribution in [-0.4, -0.2) is 37.0 Å². The third-order valence-corrected chi connectivity index (χ3v) is 8.44. The molecule has 0 aliphatic heterocycles. The van der Waals surface area contributed by atoms with Crippen molar-refractivity contribution in [1.82, 2.24) is 19.7 Å². The Balaban J connectivity index is 1.29. The quantitative estimate of drug-likeness (QED) is 0.199. The average Bonchev–Trinajstić information content (AvgIpc) is 3.50. The van der Waals surface area contributed by atoms with E-state index in [0.29, 0.717) is 24.2 Å². The van der Waals surface area contributed by atoms with E-state index < -0.39 is 5.76 Å². The summed E-state index contributed by atoms with van der Waals surface area (Å²) >= 11 is 0. The summed E-state index contributed by atoms with van der Waals surface area (Å²) < 4.78 is 12.6. The number of ether oxygens (including phenoxy) is 1. The van der Waals surface area contributed by atoms with Gasteiger partial charge in [0.25, 0.3) is 5.56 Å². The predicted octanol–water partition coefficient (Wildman–Crippen LogP) is 6.03. The van der Waals surface area contributed by atoms with E-state index in [0.717, 1.165) is 83.7 Å². The molecular weight excluding hydrogens is 568 g/mol. The van der Waals surface area contributed by atoms with Crippen LogP contribution in [-0.2, 0) is 19.3 Å². The van der Waals surface area contributed by atoms with Crippen LogP contribution in [0.2, 0.25) is 0 Å². The minimum absolute atomic E-state index is 0.0513. The fraction of sp³-hybridized carbons (Fsp3) is 0.333. The smallest absolute Gasteiger partial charge is 0.439 e. The number of rotatable bonds is 10. The van der Waals surface area contributed by atoms with Crippen LogP contribution in [0.3, 0.4) is 0 Å². The number of H-pyrrole nitrogens is 1. The number of aromatic nitrogens is 4. The topological polar surface area (TPSA) is 123 Å². The molecular formula is C36H38N4O5. The number of aryl methyl sites for hydroxylation is 2. The Hall–Kier alpha value is -4.76. The summed E-state index contributed by atoms with van der Waals surface area (Å²) in [7, 11) is 0. The molecule has 6 rings (SSSR count). The molecule has 9 heteroatoms. The standard InChI is InChI=1S/C36H38N4O5/c1-3-7-32-31(22-23-10-12-24(13-11-23)29-8-5-6-9-30(29)34-38-36(43)45-39-34)35(42)40(33(4-2)37-32)25-14-18-27(19-15-25)44-28-20-16-26(41)17-21-28/h5-6,8-15,18-19,26,28,41H,3-4,7,16-17,20-22H2,1-2H3,(H,38,39,43)/t26-,28+. The van der Waals surface area contributed by atoms with E-state index in [1.807, 2.05) is 79.7 Å². The molecule has 0 bridgehead atoms. The lowest BCUT2D eigenvalue weighted by Gasteiger charge is -2.26. The zero-order chi connectivity index (χ0) is 31.3. The van der Waals surface area contributed by atoms with Gasteiger partial charge in [0.1, 0.15) is 11.6 Å². The van der Waals surface area contributed by atoms with Gasteiger partial charge < -0.3 is 9.84 Å². The lowest BCUT2D eigenvalue weighted by atomic mass is 9.95. The van der Waals surface area contributed by atoms with Gasteiger partial charge in [-0.1, -0.05) is 74.0 Å². The molecule has 0 atom stereocenters. The van der Waals surface area contributed by atoms with Crippen molar-refractivity contribution in [2.24, 2.45) is 0 Å². The minimum Gasteiger partial charge on any atom is -0.490 e. The number of hydrogen-bond acceptors (Lipinski definition) is 7. The van der Waals surface area contributed by atoms with Crippen LogP contribution in [0.5, 0.6) is 5.75 Å². The van der Waals surface area contributed by atoms with Crippen molar-refractivity contribution in [3.05, 3.63) is 116 Å². The molecule has 0 amide bonds. The second-order valence-electron chi connectivity index (χ2n) is 11.6. The number of aliphatic hydroxyl groups is 1. The summed E-state index contributed by atoms with van der Waals surface area (Å²) in [5.41, 5.74) is 5.88. The van der Waals surface area contributed by atoms with Crippen molar-refractivity contribution in [3.8, 4) is 34.0 Å². The van der Waals surface area contributed by atoms with E-state index in [1.165, 1.54) is 0 Å². The molecule has 2 heterocycles. The first kappa shape index (κ1) is 30.3. The molecule has 3 aromatic carbocycles. The summed E-state index contributed by atoms with van der Waals surface area (Å²) in [6, 6.07) is 23.4. The Morgan fingerprint density at radius 3 is 2.29 bits per heavy atom. The van der Waals surface area contributed by atoms with Crippen LogP contribution >= 0.6 is 0 Å². The van der Waals surface area contributed by atoms with Crippen LogP contribution in [0.1, 0.15) is 68.6 Å². The highest BCUT2D eigenvalue weighted by molar-refractivity contribution is 5.80. The Morgan fingerprint density at radius 1 is 0.933 bits per heavy atom. The molecule has 0 radical (unpaired) electrons. The Bertz CT molecular complexity index is 1860. The van der Waals surface area contributed by atoms with Crippen molar-refractivity contribution in [3.63, 3.8) is 0 Å². The van der Waals surface area contributed by atoms with Gasteiger partial charge >= 0.3 is 5.76 Å².